The predicted octanol–water partition coefficient (Wildman–Crippen LogP) is 4.34. The Morgan fingerprint density at radius 1 is 1.21 bits per heavy atom. The number of rotatable bonds is 4. The standard InChI is InChI=1S/C17H23NO/c1-2-15(16-6-4-3-5-7-16)13-18-12-14-8-10-17(19)11-9-14/h2,8-12,16,19H,3-7,13H2,1H3/b15-2-,18-12?. The van der Waals surface area contributed by atoms with Crippen LogP contribution < -0.4 is 0 Å². The Kier molecular flexibility index (Phi) is 5.20. The third-order valence-electron chi connectivity index (χ3n) is 3.91. The molecule has 102 valence electrons. The molecule has 0 amide bonds. The van der Waals surface area contributed by atoms with E-state index in [4.69, 9.17) is 0 Å². The summed E-state index contributed by atoms with van der Waals surface area (Å²) in [5, 5.41) is 9.22. The lowest BCUT2D eigenvalue weighted by molar-refractivity contribution is 0.399. The molecule has 1 aliphatic rings. The molecule has 1 aromatic carbocycles. The highest BCUT2D eigenvalue weighted by atomic mass is 16.3. The van der Waals surface area contributed by atoms with Crippen LogP contribution in [-0.4, -0.2) is 17.9 Å². The molecule has 0 radical (unpaired) electrons. The van der Waals surface area contributed by atoms with Crippen molar-refractivity contribution in [2.75, 3.05) is 6.54 Å². The third kappa shape index (κ3) is 4.23. The summed E-state index contributed by atoms with van der Waals surface area (Å²) >= 11 is 0. The van der Waals surface area contributed by atoms with Crippen molar-refractivity contribution in [3.05, 3.63) is 41.5 Å². The molecule has 1 saturated carbocycles. The van der Waals surface area contributed by atoms with Crippen LogP contribution in [0.2, 0.25) is 0 Å². The maximum Gasteiger partial charge on any atom is 0.115 e. The second kappa shape index (κ2) is 7.13. The van der Waals surface area contributed by atoms with Crippen LogP contribution >= 0.6 is 0 Å². The summed E-state index contributed by atoms with van der Waals surface area (Å²) in [5.41, 5.74) is 2.52. The molecule has 2 heteroatoms. The van der Waals surface area contributed by atoms with Gasteiger partial charge in [0.2, 0.25) is 0 Å². The van der Waals surface area contributed by atoms with Gasteiger partial charge >= 0.3 is 0 Å². The van der Waals surface area contributed by atoms with Gasteiger partial charge in [0.15, 0.2) is 0 Å². The smallest absolute Gasteiger partial charge is 0.115 e. The van der Waals surface area contributed by atoms with E-state index in [0.717, 1.165) is 18.0 Å². The first-order chi connectivity index (χ1) is 9.29. The van der Waals surface area contributed by atoms with Crippen LogP contribution in [0.5, 0.6) is 5.75 Å². The van der Waals surface area contributed by atoms with E-state index in [0.29, 0.717) is 5.75 Å². The molecule has 0 heterocycles. The Hall–Kier alpha value is -1.57. The Morgan fingerprint density at radius 2 is 1.89 bits per heavy atom. The summed E-state index contributed by atoms with van der Waals surface area (Å²) in [7, 11) is 0. The number of hydrogen-bond donors (Lipinski definition) is 1. The quantitative estimate of drug-likeness (QED) is 0.631. The zero-order valence-corrected chi connectivity index (χ0v) is 11.7. The van der Waals surface area contributed by atoms with E-state index in [1.165, 1.54) is 37.7 Å². The van der Waals surface area contributed by atoms with Gasteiger partial charge in [-0.2, -0.15) is 0 Å². The molecule has 1 N–H and O–H groups in total. The molecule has 0 saturated heterocycles. The highest BCUT2D eigenvalue weighted by Crippen LogP contribution is 2.29. The number of phenols is 1. The Morgan fingerprint density at radius 3 is 2.53 bits per heavy atom. The average molecular weight is 257 g/mol. The minimum Gasteiger partial charge on any atom is -0.508 e. The normalized spacial score (nSPS) is 18.1. The van der Waals surface area contributed by atoms with Crippen LogP contribution in [0.4, 0.5) is 0 Å². The molecule has 0 bridgehead atoms. The number of aromatic hydroxyl groups is 1. The average Bonchev–Trinajstić information content (AvgIpc) is 2.46. The monoisotopic (exact) mass is 257 g/mol. The largest absolute Gasteiger partial charge is 0.508 e. The van der Waals surface area contributed by atoms with Crippen LogP contribution in [-0.2, 0) is 0 Å². The lowest BCUT2D eigenvalue weighted by atomic mass is 9.83. The van der Waals surface area contributed by atoms with Crippen molar-refractivity contribution in [2.45, 2.75) is 39.0 Å². The minimum absolute atomic E-state index is 0.300. The molecule has 19 heavy (non-hydrogen) atoms. The summed E-state index contributed by atoms with van der Waals surface area (Å²) in [5.74, 6) is 1.05. The van der Waals surface area contributed by atoms with E-state index in [2.05, 4.69) is 18.0 Å². The maximum atomic E-state index is 9.22. The van der Waals surface area contributed by atoms with Gasteiger partial charge in [0.05, 0.1) is 6.54 Å². The molecule has 0 aromatic heterocycles. The summed E-state index contributed by atoms with van der Waals surface area (Å²) in [6, 6.07) is 7.15. The van der Waals surface area contributed by atoms with Crippen LogP contribution in [0.25, 0.3) is 0 Å². The van der Waals surface area contributed by atoms with Crippen LogP contribution in [0, 0.1) is 5.92 Å². The van der Waals surface area contributed by atoms with Gasteiger partial charge in [-0.25, -0.2) is 0 Å². The number of aliphatic imine (C=N–C) groups is 1. The Bertz CT molecular complexity index is 439. The SMILES string of the molecule is C/C=C(/CN=Cc1ccc(O)cc1)C1CCCCC1. The number of benzene rings is 1. The van der Waals surface area contributed by atoms with Crippen molar-refractivity contribution >= 4 is 6.21 Å². The van der Waals surface area contributed by atoms with Gasteiger partial charge in [-0.15, -0.1) is 0 Å². The van der Waals surface area contributed by atoms with Gasteiger partial charge in [0, 0.05) is 6.21 Å². The van der Waals surface area contributed by atoms with Crippen molar-refractivity contribution < 1.29 is 5.11 Å². The van der Waals surface area contributed by atoms with E-state index in [9.17, 15) is 5.11 Å². The number of allylic oxidation sites excluding steroid dienone is 1. The van der Waals surface area contributed by atoms with Gasteiger partial charge < -0.3 is 5.11 Å². The van der Waals surface area contributed by atoms with Gasteiger partial charge in [-0.3, -0.25) is 4.99 Å². The topological polar surface area (TPSA) is 32.6 Å². The second-order valence-corrected chi connectivity index (χ2v) is 5.26. The van der Waals surface area contributed by atoms with E-state index in [-0.39, 0.29) is 0 Å². The molecule has 1 aromatic rings. The molecule has 0 atom stereocenters. The molecule has 1 fully saturated rings. The fourth-order valence-electron chi connectivity index (χ4n) is 2.75. The van der Waals surface area contributed by atoms with E-state index >= 15 is 0 Å². The third-order valence-corrected chi connectivity index (χ3v) is 3.91. The molecule has 2 nitrogen and oxygen atoms in total. The molecular formula is C17H23NO. The van der Waals surface area contributed by atoms with Gasteiger partial charge in [0.1, 0.15) is 5.75 Å². The van der Waals surface area contributed by atoms with Gasteiger partial charge in [0.25, 0.3) is 0 Å². The number of nitrogens with zero attached hydrogens (tertiary/aromatic N) is 1. The maximum absolute atomic E-state index is 9.22. The van der Waals surface area contributed by atoms with Crippen molar-refractivity contribution in [3.8, 4) is 5.75 Å². The lowest BCUT2D eigenvalue weighted by Crippen LogP contribution is -2.11. The molecule has 2 rings (SSSR count). The first kappa shape index (κ1) is 13.9. The van der Waals surface area contributed by atoms with E-state index < -0.39 is 0 Å². The molecule has 0 unspecified atom stereocenters. The van der Waals surface area contributed by atoms with Gasteiger partial charge in [-0.1, -0.05) is 30.9 Å². The highest BCUT2D eigenvalue weighted by Gasteiger charge is 2.16. The Balaban J connectivity index is 1.90. The second-order valence-electron chi connectivity index (χ2n) is 5.26. The Labute approximate surface area is 115 Å². The van der Waals surface area contributed by atoms with Crippen LogP contribution in [0.3, 0.4) is 0 Å². The minimum atomic E-state index is 0.300. The number of phenolic OH excluding ortho intramolecular Hbond substituents is 1. The molecule has 0 spiro atoms. The zero-order valence-electron chi connectivity index (χ0n) is 11.7. The summed E-state index contributed by atoms with van der Waals surface area (Å²) in [6.45, 7) is 2.93. The highest BCUT2D eigenvalue weighted by molar-refractivity contribution is 5.79. The fraction of sp³-hybridized carbons (Fsp3) is 0.471. The first-order valence-corrected chi connectivity index (χ1v) is 7.23. The van der Waals surface area contributed by atoms with Crippen LogP contribution in [0.15, 0.2) is 40.9 Å². The van der Waals surface area contributed by atoms with Crippen molar-refractivity contribution in [1.29, 1.82) is 0 Å². The fourth-order valence-corrected chi connectivity index (χ4v) is 2.75. The van der Waals surface area contributed by atoms with E-state index in [1.807, 2.05) is 18.3 Å². The van der Waals surface area contributed by atoms with E-state index in [1.54, 1.807) is 12.1 Å². The molecular weight excluding hydrogens is 234 g/mol. The summed E-state index contributed by atoms with van der Waals surface area (Å²) < 4.78 is 0. The predicted molar refractivity (Wildman–Crippen MR) is 80.9 cm³/mol. The molecule has 1 aliphatic carbocycles. The first-order valence-electron chi connectivity index (χ1n) is 7.23. The molecule has 0 aliphatic heterocycles. The van der Waals surface area contributed by atoms with Crippen molar-refractivity contribution in [1.82, 2.24) is 0 Å². The van der Waals surface area contributed by atoms with Crippen LogP contribution in [0.1, 0.15) is 44.6 Å². The number of hydrogen-bond acceptors (Lipinski definition) is 2. The lowest BCUT2D eigenvalue weighted by Gasteiger charge is -2.23. The van der Waals surface area contributed by atoms with Gasteiger partial charge in [-0.05, 0) is 55.5 Å². The van der Waals surface area contributed by atoms with Crippen molar-refractivity contribution in [2.24, 2.45) is 10.9 Å². The summed E-state index contributed by atoms with van der Waals surface area (Å²) in [4.78, 5) is 4.54. The zero-order chi connectivity index (χ0) is 13.5. The van der Waals surface area contributed by atoms with Crippen molar-refractivity contribution in [3.63, 3.8) is 0 Å². The summed E-state index contributed by atoms with van der Waals surface area (Å²) in [6.07, 6.45) is 10.9.